The molecule has 10 heteroatoms. The van der Waals surface area contributed by atoms with Gasteiger partial charge in [-0.3, -0.25) is 9.59 Å². The summed E-state index contributed by atoms with van der Waals surface area (Å²) in [6.07, 6.45) is 2.09. The summed E-state index contributed by atoms with van der Waals surface area (Å²) in [6, 6.07) is -1.43. The zero-order valence-electron chi connectivity index (χ0n) is 10.9. The molecule has 0 amide bonds. The average molecular weight is 305 g/mol. The van der Waals surface area contributed by atoms with Crippen molar-refractivity contribution in [2.45, 2.75) is 23.9 Å². The number of hydrogen-bond acceptors (Lipinski definition) is 6. The quantitative estimate of drug-likeness (QED) is 0.625. The lowest BCUT2D eigenvalue weighted by Crippen LogP contribution is -2.41. The van der Waals surface area contributed by atoms with Crippen molar-refractivity contribution in [1.29, 1.82) is 0 Å². The van der Waals surface area contributed by atoms with Crippen molar-refractivity contribution >= 4 is 22.0 Å². The number of imidazole rings is 1. The van der Waals surface area contributed by atoms with Crippen molar-refractivity contribution < 1.29 is 27.9 Å². The number of aromatic nitrogens is 2. The minimum atomic E-state index is -4.05. The molecular weight excluding hydrogens is 290 g/mol. The highest BCUT2D eigenvalue weighted by molar-refractivity contribution is 7.89. The standard InChI is InChI=1S/C10H15N3O6S/c1-13-5-8(11-6-13)20(17,18)12-7(10(15)16)3-4-9(14)19-2/h5-7,12H,3-4H2,1-2H3,(H,15,16)/t7-/m0/s1. The van der Waals surface area contributed by atoms with Gasteiger partial charge in [-0.1, -0.05) is 0 Å². The third-order valence-electron chi connectivity index (χ3n) is 2.42. The molecule has 0 bridgehead atoms. The fraction of sp³-hybridized carbons (Fsp3) is 0.500. The van der Waals surface area contributed by atoms with Crippen LogP contribution in [0.25, 0.3) is 0 Å². The number of carbonyl (C=O) groups is 2. The lowest BCUT2D eigenvalue weighted by Gasteiger charge is -2.12. The lowest BCUT2D eigenvalue weighted by molar-refractivity contribution is -0.142. The molecule has 2 N–H and O–H groups in total. The Morgan fingerprint density at radius 3 is 2.65 bits per heavy atom. The molecule has 0 fully saturated rings. The van der Waals surface area contributed by atoms with Gasteiger partial charge in [-0.05, 0) is 6.42 Å². The van der Waals surface area contributed by atoms with E-state index >= 15 is 0 Å². The number of ether oxygens (including phenoxy) is 1. The van der Waals surface area contributed by atoms with E-state index in [0.717, 1.165) is 7.11 Å². The third kappa shape index (κ3) is 4.31. The van der Waals surface area contributed by atoms with Crippen molar-refractivity contribution in [1.82, 2.24) is 14.3 Å². The van der Waals surface area contributed by atoms with Gasteiger partial charge in [0.1, 0.15) is 6.04 Å². The highest BCUT2D eigenvalue weighted by Gasteiger charge is 2.27. The van der Waals surface area contributed by atoms with Gasteiger partial charge in [0, 0.05) is 19.7 Å². The van der Waals surface area contributed by atoms with Crippen LogP contribution < -0.4 is 4.72 Å². The Morgan fingerprint density at radius 2 is 2.20 bits per heavy atom. The van der Waals surface area contributed by atoms with Gasteiger partial charge >= 0.3 is 11.9 Å². The zero-order chi connectivity index (χ0) is 15.3. The monoisotopic (exact) mass is 305 g/mol. The Morgan fingerprint density at radius 1 is 1.55 bits per heavy atom. The van der Waals surface area contributed by atoms with Gasteiger partial charge < -0.3 is 14.4 Å². The minimum absolute atomic E-state index is 0.210. The fourth-order valence-corrected chi connectivity index (χ4v) is 2.58. The van der Waals surface area contributed by atoms with Gasteiger partial charge in [0.25, 0.3) is 10.0 Å². The van der Waals surface area contributed by atoms with Crippen molar-refractivity contribution in [3.05, 3.63) is 12.5 Å². The van der Waals surface area contributed by atoms with E-state index in [9.17, 15) is 18.0 Å². The molecule has 1 aromatic rings. The van der Waals surface area contributed by atoms with E-state index in [1.54, 1.807) is 7.05 Å². The van der Waals surface area contributed by atoms with Gasteiger partial charge in [0.2, 0.25) is 0 Å². The first kappa shape index (κ1) is 16.1. The Bertz CT molecular complexity index is 594. The summed E-state index contributed by atoms with van der Waals surface area (Å²) < 4.78 is 31.6. The number of sulfonamides is 1. The molecule has 9 nitrogen and oxygen atoms in total. The van der Waals surface area contributed by atoms with Gasteiger partial charge in [-0.2, -0.15) is 4.72 Å². The smallest absolute Gasteiger partial charge is 0.321 e. The van der Waals surface area contributed by atoms with Crippen LogP contribution in [0.1, 0.15) is 12.8 Å². The normalized spacial score (nSPS) is 12.9. The summed E-state index contributed by atoms with van der Waals surface area (Å²) in [7, 11) is -1.31. The summed E-state index contributed by atoms with van der Waals surface area (Å²) >= 11 is 0. The zero-order valence-corrected chi connectivity index (χ0v) is 11.8. The first-order valence-corrected chi connectivity index (χ1v) is 7.04. The molecule has 1 aromatic heterocycles. The Hall–Kier alpha value is -1.94. The van der Waals surface area contributed by atoms with Gasteiger partial charge in [-0.15, -0.1) is 0 Å². The van der Waals surface area contributed by atoms with Crippen molar-refractivity contribution in [3.63, 3.8) is 0 Å². The molecule has 0 spiro atoms. The molecule has 1 rings (SSSR count). The van der Waals surface area contributed by atoms with E-state index in [1.165, 1.54) is 17.1 Å². The highest BCUT2D eigenvalue weighted by atomic mass is 32.2. The third-order valence-corrected chi connectivity index (χ3v) is 3.77. The molecule has 0 saturated carbocycles. The fourth-order valence-electron chi connectivity index (χ4n) is 1.37. The highest BCUT2D eigenvalue weighted by Crippen LogP contribution is 2.08. The lowest BCUT2D eigenvalue weighted by atomic mass is 10.2. The Balaban J connectivity index is 2.80. The molecule has 0 saturated heterocycles. The first-order valence-electron chi connectivity index (χ1n) is 5.56. The van der Waals surface area contributed by atoms with E-state index in [4.69, 9.17) is 5.11 Å². The summed E-state index contributed by atoms with van der Waals surface area (Å²) in [6.45, 7) is 0. The molecule has 20 heavy (non-hydrogen) atoms. The number of esters is 1. The van der Waals surface area contributed by atoms with Gasteiger partial charge in [0.05, 0.1) is 13.4 Å². The maximum atomic E-state index is 11.9. The summed E-state index contributed by atoms with van der Waals surface area (Å²) in [4.78, 5) is 25.6. The van der Waals surface area contributed by atoms with E-state index < -0.39 is 28.0 Å². The Kier molecular flexibility index (Phi) is 5.22. The molecule has 1 heterocycles. The van der Waals surface area contributed by atoms with Crippen molar-refractivity contribution in [2.75, 3.05) is 7.11 Å². The van der Waals surface area contributed by atoms with Crippen molar-refractivity contribution in [3.8, 4) is 0 Å². The van der Waals surface area contributed by atoms with E-state index in [1.807, 2.05) is 4.72 Å². The molecular formula is C10H15N3O6S. The molecule has 0 aromatic carbocycles. The molecule has 0 aliphatic carbocycles. The van der Waals surface area contributed by atoms with E-state index in [0.29, 0.717) is 0 Å². The van der Waals surface area contributed by atoms with Crippen LogP contribution in [0.4, 0.5) is 0 Å². The summed E-state index contributed by atoms with van der Waals surface area (Å²) in [5, 5.41) is 8.68. The maximum absolute atomic E-state index is 11.9. The van der Waals surface area contributed by atoms with Crippen LogP contribution >= 0.6 is 0 Å². The predicted octanol–water partition coefficient (Wildman–Crippen LogP) is -0.895. The topological polar surface area (TPSA) is 128 Å². The van der Waals surface area contributed by atoms with Gasteiger partial charge in [0.15, 0.2) is 5.03 Å². The van der Waals surface area contributed by atoms with Gasteiger partial charge in [-0.25, -0.2) is 13.4 Å². The van der Waals surface area contributed by atoms with Crippen molar-refractivity contribution in [2.24, 2.45) is 7.05 Å². The summed E-state index contributed by atoms with van der Waals surface area (Å²) in [5.74, 6) is -2.00. The second-order valence-corrected chi connectivity index (χ2v) is 5.67. The minimum Gasteiger partial charge on any atom is -0.480 e. The second-order valence-electron chi connectivity index (χ2n) is 4.00. The molecule has 0 aliphatic rings. The number of aryl methyl sites for hydroxylation is 1. The first-order chi connectivity index (χ1) is 9.26. The van der Waals surface area contributed by atoms with Crippen LogP contribution in [0, 0.1) is 0 Å². The van der Waals surface area contributed by atoms with E-state index in [-0.39, 0.29) is 17.9 Å². The summed E-state index contributed by atoms with van der Waals surface area (Å²) in [5.41, 5.74) is 0. The number of aliphatic carboxylic acids is 1. The number of rotatable bonds is 7. The van der Waals surface area contributed by atoms with Crippen LogP contribution in [-0.4, -0.2) is 48.2 Å². The molecule has 1 atom stereocenters. The van der Waals surface area contributed by atoms with E-state index in [2.05, 4.69) is 9.72 Å². The van der Waals surface area contributed by atoms with Crippen LogP contribution in [0.5, 0.6) is 0 Å². The van der Waals surface area contributed by atoms with Crippen LogP contribution in [0.15, 0.2) is 17.6 Å². The largest absolute Gasteiger partial charge is 0.480 e. The second kappa shape index (κ2) is 6.48. The number of carboxylic acids is 1. The molecule has 0 unspecified atom stereocenters. The SMILES string of the molecule is COC(=O)CC[C@H](NS(=O)(=O)c1cn(C)cn1)C(=O)O. The number of nitrogens with one attached hydrogen (secondary N) is 1. The van der Waals surface area contributed by atoms with Crippen LogP contribution in [0.3, 0.4) is 0 Å². The number of nitrogens with zero attached hydrogens (tertiary/aromatic N) is 2. The number of carboxylic acid groups (broad SMARTS) is 1. The average Bonchev–Trinajstić information content (AvgIpc) is 2.81. The molecule has 112 valence electrons. The predicted molar refractivity (Wildman–Crippen MR) is 66.2 cm³/mol. The van der Waals surface area contributed by atoms with Crippen LogP contribution in [-0.2, 0) is 31.4 Å². The maximum Gasteiger partial charge on any atom is 0.321 e. The number of carbonyl (C=O) groups excluding carboxylic acids is 1. The van der Waals surface area contributed by atoms with Crippen LogP contribution in [0.2, 0.25) is 0 Å². The number of methoxy groups -OCH3 is 1. The molecule has 0 radical (unpaired) electrons. The number of hydrogen-bond donors (Lipinski definition) is 2. The Labute approximate surface area is 115 Å². The molecule has 0 aliphatic heterocycles.